The lowest BCUT2D eigenvalue weighted by molar-refractivity contribution is -0.115. The van der Waals surface area contributed by atoms with Gasteiger partial charge in [0, 0.05) is 24.4 Å². The maximum absolute atomic E-state index is 12.5. The molecule has 0 bridgehead atoms. The molecule has 142 valence electrons. The maximum Gasteiger partial charge on any atom is 0.419 e. The molecule has 4 aromatic rings. The molecule has 1 amide bonds. The van der Waals surface area contributed by atoms with Gasteiger partial charge in [0.25, 0.3) is 0 Å². The van der Waals surface area contributed by atoms with E-state index in [1.54, 1.807) is 32.2 Å². The minimum absolute atomic E-state index is 0.0813. The molecular formula is C21H19N3O4. The summed E-state index contributed by atoms with van der Waals surface area (Å²) in [5, 5.41) is 2.80. The molecule has 4 rings (SSSR count). The van der Waals surface area contributed by atoms with Gasteiger partial charge in [-0.15, -0.1) is 0 Å². The highest BCUT2D eigenvalue weighted by molar-refractivity contribution is 5.94. The van der Waals surface area contributed by atoms with Crippen LogP contribution >= 0.6 is 0 Å². The molecule has 0 unspecified atom stereocenters. The molecule has 0 spiro atoms. The number of nitrogens with zero attached hydrogens (tertiary/aromatic N) is 2. The Bertz CT molecular complexity index is 1250. The molecular weight excluding hydrogens is 358 g/mol. The van der Waals surface area contributed by atoms with Crippen LogP contribution in [0.3, 0.4) is 0 Å². The minimum Gasteiger partial charge on any atom is -0.441 e. The number of oxazole rings is 2. The van der Waals surface area contributed by atoms with Gasteiger partial charge in [0.2, 0.25) is 11.8 Å². The monoisotopic (exact) mass is 377 g/mol. The molecule has 2 heterocycles. The van der Waals surface area contributed by atoms with E-state index in [9.17, 15) is 9.59 Å². The number of nitrogens with one attached hydrogen (secondary N) is 1. The van der Waals surface area contributed by atoms with Crippen LogP contribution in [0.15, 0.2) is 56.1 Å². The summed E-state index contributed by atoms with van der Waals surface area (Å²) < 4.78 is 12.3. The molecule has 7 heteroatoms. The summed E-state index contributed by atoms with van der Waals surface area (Å²) in [5.74, 6) is 0.429. The van der Waals surface area contributed by atoms with E-state index < -0.39 is 5.76 Å². The predicted octanol–water partition coefficient (Wildman–Crippen LogP) is 3.58. The van der Waals surface area contributed by atoms with Crippen molar-refractivity contribution in [3.8, 4) is 11.5 Å². The molecule has 0 saturated heterocycles. The van der Waals surface area contributed by atoms with E-state index in [4.69, 9.17) is 8.83 Å². The lowest BCUT2D eigenvalue weighted by Gasteiger charge is -2.04. The highest BCUT2D eigenvalue weighted by Gasteiger charge is 2.15. The molecule has 0 fully saturated rings. The van der Waals surface area contributed by atoms with E-state index >= 15 is 0 Å². The van der Waals surface area contributed by atoms with Gasteiger partial charge in [-0.25, -0.2) is 9.78 Å². The molecule has 0 saturated carbocycles. The Morgan fingerprint density at radius 3 is 2.75 bits per heavy atom. The minimum atomic E-state index is -0.444. The Labute approximate surface area is 160 Å². The number of anilines is 1. The average Bonchev–Trinajstić information content (AvgIpc) is 3.15. The molecule has 7 nitrogen and oxygen atoms in total. The van der Waals surface area contributed by atoms with Gasteiger partial charge in [0.05, 0.1) is 17.6 Å². The number of hydrogen-bond acceptors (Lipinski definition) is 5. The van der Waals surface area contributed by atoms with Gasteiger partial charge < -0.3 is 14.2 Å². The lowest BCUT2D eigenvalue weighted by Crippen LogP contribution is -2.15. The van der Waals surface area contributed by atoms with Crippen LogP contribution in [0.2, 0.25) is 0 Å². The van der Waals surface area contributed by atoms with Crippen LogP contribution in [0.25, 0.3) is 22.6 Å². The molecule has 2 aromatic carbocycles. The van der Waals surface area contributed by atoms with Crippen LogP contribution in [0.4, 0.5) is 5.69 Å². The van der Waals surface area contributed by atoms with Crippen LogP contribution < -0.4 is 11.1 Å². The van der Waals surface area contributed by atoms with E-state index in [0.29, 0.717) is 34.1 Å². The zero-order valence-corrected chi connectivity index (χ0v) is 15.8. The largest absolute Gasteiger partial charge is 0.441 e. The molecule has 0 aliphatic heterocycles. The van der Waals surface area contributed by atoms with Crippen molar-refractivity contribution in [1.82, 2.24) is 9.55 Å². The summed E-state index contributed by atoms with van der Waals surface area (Å²) in [4.78, 5) is 28.5. The van der Waals surface area contributed by atoms with Gasteiger partial charge in [0.15, 0.2) is 5.58 Å². The van der Waals surface area contributed by atoms with Crippen LogP contribution in [0.5, 0.6) is 0 Å². The van der Waals surface area contributed by atoms with Crippen LogP contribution in [0, 0.1) is 13.8 Å². The predicted molar refractivity (Wildman–Crippen MR) is 105 cm³/mol. The Kier molecular flexibility index (Phi) is 4.35. The third kappa shape index (κ3) is 3.34. The molecule has 0 radical (unpaired) electrons. The van der Waals surface area contributed by atoms with Gasteiger partial charge in [-0.1, -0.05) is 17.7 Å². The molecule has 0 atom stereocenters. The first-order chi connectivity index (χ1) is 13.4. The van der Waals surface area contributed by atoms with Crippen molar-refractivity contribution < 1.29 is 13.6 Å². The van der Waals surface area contributed by atoms with Gasteiger partial charge in [-0.3, -0.25) is 9.36 Å². The SMILES string of the molecule is Cc1cccc(-c2nc(CC(=O)Nc3ccc4c(c3)oc(=O)n4C)c(C)o2)c1. The number of carbonyl (C=O) groups excluding carboxylic acids is 1. The van der Waals surface area contributed by atoms with Crippen LogP contribution in [0.1, 0.15) is 17.0 Å². The Hall–Kier alpha value is -3.61. The number of fused-ring (bicyclic) bond motifs is 1. The summed E-state index contributed by atoms with van der Waals surface area (Å²) in [6.07, 6.45) is 0.0813. The van der Waals surface area contributed by atoms with Crippen LogP contribution in [-0.4, -0.2) is 15.5 Å². The summed E-state index contributed by atoms with van der Waals surface area (Å²) in [6, 6.07) is 12.9. The average molecular weight is 377 g/mol. The number of carbonyl (C=O) groups is 1. The van der Waals surface area contributed by atoms with E-state index in [1.165, 1.54) is 4.57 Å². The van der Waals surface area contributed by atoms with Crippen molar-refractivity contribution in [3.05, 3.63) is 70.0 Å². The molecule has 2 aromatic heterocycles. The fourth-order valence-corrected chi connectivity index (χ4v) is 3.06. The van der Waals surface area contributed by atoms with Gasteiger partial charge in [-0.05, 0) is 38.1 Å². The van der Waals surface area contributed by atoms with Crippen molar-refractivity contribution >= 4 is 22.7 Å². The van der Waals surface area contributed by atoms with Gasteiger partial charge in [0.1, 0.15) is 5.76 Å². The second-order valence-corrected chi connectivity index (χ2v) is 6.73. The Balaban J connectivity index is 1.52. The van der Waals surface area contributed by atoms with Crippen molar-refractivity contribution in [2.45, 2.75) is 20.3 Å². The third-order valence-electron chi connectivity index (χ3n) is 4.56. The quantitative estimate of drug-likeness (QED) is 0.587. The van der Waals surface area contributed by atoms with Crippen molar-refractivity contribution in [3.63, 3.8) is 0 Å². The van der Waals surface area contributed by atoms with Crippen molar-refractivity contribution in [2.75, 3.05) is 5.32 Å². The summed E-state index contributed by atoms with van der Waals surface area (Å²) in [6.45, 7) is 3.79. The number of aromatic nitrogens is 2. The number of aryl methyl sites for hydroxylation is 3. The Morgan fingerprint density at radius 1 is 1.14 bits per heavy atom. The molecule has 1 N–H and O–H groups in total. The maximum atomic E-state index is 12.5. The normalized spacial score (nSPS) is 11.1. The first-order valence-electron chi connectivity index (χ1n) is 8.83. The van der Waals surface area contributed by atoms with Gasteiger partial charge in [-0.2, -0.15) is 0 Å². The third-order valence-corrected chi connectivity index (χ3v) is 4.56. The van der Waals surface area contributed by atoms with Gasteiger partial charge >= 0.3 is 5.76 Å². The van der Waals surface area contributed by atoms with E-state index in [0.717, 1.165) is 11.1 Å². The van der Waals surface area contributed by atoms with E-state index in [2.05, 4.69) is 10.3 Å². The van der Waals surface area contributed by atoms with E-state index in [1.807, 2.05) is 31.2 Å². The molecule has 0 aliphatic carbocycles. The number of amides is 1. The first-order valence-corrected chi connectivity index (χ1v) is 8.83. The zero-order chi connectivity index (χ0) is 19.8. The van der Waals surface area contributed by atoms with Crippen molar-refractivity contribution in [1.29, 1.82) is 0 Å². The number of rotatable bonds is 4. The second kappa shape index (κ2) is 6.84. The first kappa shape index (κ1) is 17.8. The highest BCUT2D eigenvalue weighted by Crippen LogP contribution is 2.23. The number of benzene rings is 2. The summed E-state index contributed by atoms with van der Waals surface area (Å²) in [5.41, 5.74) is 4.20. The standard InChI is InChI=1S/C21H19N3O4/c1-12-5-4-6-14(9-12)20-23-16(13(2)27-20)11-19(25)22-15-7-8-17-18(10-15)28-21(26)24(17)3/h4-10H,11H2,1-3H3,(H,22,25). The van der Waals surface area contributed by atoms with Crippen molar-refractivity contribution in [2.24, 2.45) is 7.05 Å². The van der Waals surface area contributed by atoms with Crippen LogP contribution in [-0.2, 0) is 18.3 Å². The molecule has 0 aliphatic rings. The Morgan fingerprint density at radius 2 is 1.96 bits per heavy atom. The topological polar surface area (TPSA) is 90.3 Å². The summed E-state index contributed by atoms with van der Waals surface area (Å²) >= 11 is 0. The fraction of sp³-hybridized carbons (Fsp3) is 0.190. The van der Waals surface area contributed by atoms with E-state index in [-0.39, 0.29) is 12.3 Å². The lowest BCUT2D eigenvalue weighted by atomic mass is 10.1. The molecule has 28 heavy (non-hydrogen) atoms. The number of hydrogen-bond donors (Lipinski definition) is 1. The highest BCUT2D eigenvalue weighted by atomic mass is 16.4. The second-order valence-electron chi connectivity index (χ2n) is 6.73. The fourth-order valence-electron chi connectivity index (χ4n) is 3.06. The zero-order valence-electron chi connectivity index (χ0n) is 15.8. The summed E-state index contributed by atoms with van der Waals surface area (Å²) in [7, 11) is 1.63. The smallest absolute Gasteiger partial charge is 0.419 e.